The summed E-state index contributed by atoms with van der Waals surface area (Å²) in [5, 5.41) is 10.4. The van der Waals surface area contributed by atoms with Crippen molar-refractivity contribution in [2.75, 3.05) is 7.11 Å². The number of methoxy groups -OCH3 is 1. The first-order valence-electron chi connectivity index (χ1n) is 6.11. The topological polar surface area (TPSA) is 29.5 Å². The smallest absolute Gasteiger partial charge is 0.126 e. The highest BCUT2D eigenvalue weighted by Gasteiger charge is 2.16. The van der Waals surface area contributed by atoms with Gasteiger partial charge in [0.2, 0.25) is 0 Å². The van der Waals surface area contributed by atoms with Crippen LogP contribution in [0.3, 0.4) is 0 Å². The molecule has 0 aliphatic rings. The summed E-state index contributed by atoms with van der Waals surface area (Å²) in [6.07, 6.45) is -0.898. The third-order valence-electron chi connectivity index (χ3n) is 3.19. The molecule has 0 radical (unpaired) electrons. The molecule has 3 heteroatoms. The van der Waals surface area contributed by atoms with Gasteiger partial charge in [0.05, 0.1) is 7.11 Å². The monoisotopic (exact) mass is 260 g/mol. The van der Waals surface area contributed by atoms with Crippen molar-refractivity contribution < 1.29 is 14.2 Å². The van der Waals surface area contributed by atoms with Gasteiger partial charge < -0.3 is 9.84 Å². The Morgan fingerprint density at radius 1 is 1.11 bits per heavy atom. The minimum absolute atomic E-state index is 0.317. The van der Waals surface area contributed by atoms with Gasteiger partial charge in [-0.15, -0.1) is 0 Å². The fourth-order valence-electron chi connectivity index (χ4n) is 2.03. The first kappa shape index (κ1) is 13.6. The lowest BCUT2D eigenvalue weighted by Gasteiger charge is -2.16. The molecule has 2 rings (SSSR count). The van der Waals surface area contributed by atoms with Crippen LogP contribution in [-0.4, -0.2) is 12.2 Å². The number of halogens is 1. The number of benzene rings is 2. The largest absolute Gasteiger partial charge is 0.496 e. The Morgan fingerprint density at radius 2 is 1.84 bits per heavy atom. The summed E-state index contributed by atoms with van der Waals surface area (Å²) in [7, 11) is 1.55. The average Bonchev–Trinajstić information content (AvgIpc) is 2.41. The van der Waals surface area contributed by atoms with E-state index in [0.29, 0.717) is 22.4 Å². The summed E-state index contributed by atoms with van der Waals surface area (Å²) in [4.78, 5) is 0. The van der Waals surface area contributed by atoms with Crippen molar-refractivity contribution in [3.05, 3.63) is 64.5 Å². The summed E-state index contributed by atoms with van der Waals surface area (Å²) in [6, 6.07) is 10.3. The average molecular weight is 260 g/mol. The fourth-order valence-corrected chi connectivity index (χ4v) is 2.03. The summed E-state index contributed by atoms with van der Waals surface area (Å²) >= 11 is 0. The molecule has 1 unspecified atom stereocenters. The van der Waals surface area contributed by atoms with Crippen LogP contribution in [0.25, 0.3) is 0 Å². The van der Waals surface area contributed by atoms with Crippen LogP contribution in [0.2, 0.25) is 0 Å². The Bertz CT molecular complexity index is 593. The van der Waals surface area contributed by atoms with E-state index in [1.54, 1.807) is 32.2 Å². The molecule has 0 amide bonds. The molecular formula is C16H17FO2. The molecule has 1 atom stereocenters. The number of ether oxygens (including phenoxy) is 1. The van der Waals surface area contributed by atoms with Crippen LogP contribution in [0.5, 0.6) is 5.75 Å². The summed E-state index contributed by atoms with van der Waals surface area (Å²) in [6.45, 7) is 3.63. The maximum absolute atomic E-state index is 13.6. The first-order chi connectivity index (χ1) is 9.02. The lowest BCUT2D eigenvalue weighted by molar-refractivity contribution is 0.214. The lowest BCUT2D eigenvalue weighted by atomic mass is 9.98. The molecule has 2 nitrogen and oxygen atoms in total. The van der Waals surface area contributed by atoms with Crippen molar-refractivity contribution in [1.29, 1.82) is 0 Å². The van der Waals surface area contributed by atoms with Crippen LogP contribution >= 0.6 is 0 Å². The molecular weight excluding hydrogens is 243 g/mol. The van der Waals surface area contributed by atoms with E-state index < -0.39 is 6.10 Å². The second kappa shape index (κ2) is 5.41. The first-order valence-corrected chi connectivity index (χ1v) is 6.11. The SMILES string of the molecule is COc1ccc(C)cc1C(O)c1ccc(C)c(F)c1. The van der Waals surface area contributed by atoms with Gasteiger partial charge in [-0.2, -0.15) is 0 Å². The Balaban J connectivity index is 2.45. The van der Waals surface area contributed by atoms with E-state index in [1.807, 2.05) is 19.1 Å². The molecule has 0 aliphatic heterocycles. The van der Waals surface area contributed by atoms with Gasteiger partial charge in [0.1, 0.15) is 17.7 Å². The quantitative estimate of drug-likeness (QED) is 0.914. The number of hydrogen-bond acceptors (Lipinski definition) is 2. The predicted molar refractivity (Wildman–Crippen MR) is 72.9 cm³/mol. The van der Waals surface area contributed by atoms with Crippen molar-refractivity contribution in [3.8, 4) is 5.75 Å². The Labute approximate surface area is 112 Å². The Kier molecular flexibility index (Phi) is 3.86. The van der Waals surface area contributed by atoms with Gasteiger partial charge in [0.25, 0.3) is 0 Å². The van der Waals surface area contributed by atoms with Crippen LogP contribution in [0.1, 0.15) is 28.4 Å². The number of aryl methyl sites for hydroxylation is 2. The normalized spacial score (nSPS) is 12.3. The Morgan fingerprint density at radius 3 is 2.47 bits per heavy atom. The minimum atomic E-state index is -0.898. The molecule has 0 aromatic heterocycles. The predicted octanol–water partition coefficient (Wildman–Crippen LogP) is 3.53. The minimum Gasteiger partial charge on any atom is -0.496 e. The van der Waals surface area contributed by atoms with Crippen LogP contribution < -0.4 is 4.74 Å². The molecule has 2 aromatic carbocycles. The molecule has 0 saturated carbocycles. The number of aliphatic hydroxyl groups is 1. The van der Waals surface area contributed by atoms with Crippen LogP contribution in [0.15, 0.2) is 36.4 Å². The molecule has 2 aromatic rings. The zero-order valence-electron chi connectivity index (χ0n) is 11.3. The van der Waals surface area contributed by atoms with Crippen molar-refractivity contribution >= 4 is 0 Å². The summed E-state index contributed by atoms with van der Waals surface area (Å²) < 4.78 is 18.8. The maximum atomic E-state index is 13.6. The summed E-state index contributed by atoms with van der Waals surface area (Å²) in [5.74, 6) is 0.280. The standard InChI is InChI=1S/C16H17FO2/c1-10-4-7-15(19-3)13(8-10)16(18)12-6-5-11(2)14(17)9-12/h4-9,16,18H,1-3H3. The number of hydrogen-bond donors (Lipinski definition) is 1. The third-order valence-corrected chi connectivity index (χ3v) is 3.19. The van der Waals surface area contributed by atoms with E-state index in [0.717, 1.165) is 5.56 Å². The number of rotatable bonds is 3. The zero-order chi connectivity index (χ0) is 14.0. The lowest BCUT2D eigenvalue weighted by Crippen LogP contribution is -2.03. The van der Waals surface area contributed by atoms with E-state index >= 15 is 0 Å². The van der Waals surface area contributed by atoms with E-state index in [-0.39, 0.29) is 5.82 Å². The maximum Gasteiger partial charge on any atom is 0.126 e. The van der Waals surface area contributed by atoms with E-state index in [4.69, 9.17) is 4.74 Å². The van der Waals surface area contributed by atoms with Crippen molar-refractivity contribution in [3.63, 3.8) is 0 Å². The van der Waals surface area contributed by atoms with Crippen LogP contribution in [0.4, 0.5) is 4.39 Å². The van der Waals surface area contributed by atoms with Crippen LogP contribution in [0, 0.1) is 19.7 Å². The molecule has 0 bridgehead atoms. The van der Waals surface area contributed by atoms with Gasteiger partial charge in [-0.3, -0.25) is 0 Å². The highest BCUT2D eigenvalue weighted by atomic mass is 19.1. The van der Waals surface area contributed by atoms with Gasteiger partial charge in [-0.05, 0) is 43.2 Å². The zero-order valence-corrected chi connectivity index (χ0v) is 11.3. The second-order valence-corrected chi connectivity index (χ2v) is 4.66. The molecule has 0 spiro atoms. The molecule has 0 heterocycles. The van der Waals surface area contributed by atoms with E-state index in [1.165, 1.54) is 6.07 Å². The molecule has 0 fully saturated rings. The van der Waals surface area contributed by atoms with Crippen LogP contribution in [-0.2, 0) is 0 Å². The molecule has 0 saturated heterocycles. The van der Waals surface area contributed by atoms with Crippen molar-refractivity contribution in [2.24, 2.45) is 0 Å². The van der Waals surface area contributed by atoms with E-state index in [9.17, 15) is 9.50 Å². The van der Waals surface area contributed by atoms with Crippen molar-refractivity contribution in [1.82, 2.24) is 0 Å². The van der Waals surface area contributed by atoms with Gasteiger partial charge in [0, 0.05) is 5.56 Å². The van der Waals surface area contributed by atoms with Gasteiger partial charge in [0.15, 0.2) is 0 Å². The third kappa shape index (κ3) is 2.76. The van der Waals surface area contributed by atoms with Gasteiger partial charge in [-0.1, -0.05) is 23.8 Å². The molecule has 100 valence electrons. The highest BCUT2D eigenvalue weighted by molar-refractivity contribution is 5.43. The van der Waals surface area contributed by atoms with E-state index in [2.05, 4.69) is 0 Å². The molecule has 1 N–H and O–H groups in total. The van der Waals surface area contributed by atoms with Gasteiger partial charge in [-0.25, -0.2) is 4.39 Å². The highest BCUT2D eigenvalue weighted by Crippen LogP contribution is 2.31. The van der Waals surface area contributed by atoms with Crippen molar-refractivity contribution in [2.45, 2.75) is 20.0 Å². The molecule has 0 aliphatic carbocycles. The molecule has 19 heavy (non-hydrogen) atoms. The second-order valence-electron chi connectivity index (χ2n) is 4.66. The Hall–Kier alpha value is -1.87. The number of aliphatic hydroxyl groups excluding tert-OH is 1. The fraction of sp³-hybridized carbons (Fsp3) is 0.250. The summed E-state index contributed by atoms with van der Waals surface area (Å²) in [5.41, 5.74) is 2.74. The van der Waals surface area contributed by atoms with Gasteiger partial charge >= 0.3 is 0 Å².